The second kappa shape index (κ2) is 6.84. The second-order valence-electron chi connectivity index (χ2n) is 6.17. The number of hydrogen-bond donors (Lipinski definition) is 1. The number of H-pyrrole nitrogens is 1. The monoisotopic (exact) mass is 371 g/mol. The Labute approximate surface area is 154 Å². The molecule has 6 nitrogen and oxygen atoms in total. The molecule has 0 spiro atoms. The highest BCUT2D eigenvalue weighted by Crippen LogP contribution is 2.29. The third-order valence-electron chi connectivity index (χ3n) is 4.48. The van der Waals surface area contributed by atoms with E-state index in [9.17, 15) is 9.18 Å². The average molecular weight is 372 g/mol. The van der Waals surface area contributed by atoms with Gasteiger partial charge in [0, 0.05) is 42.7 Å². The number of carbonyl (C=O) groups is 1. The molecule has 1 N–H and O–H groups in total. The van der Waals surface area contributed by atoms with Crippen molar-refractivity contribution in [2.75, 3.05) is 11.4 Å². The molecule has 0 radical (unpaired) electrons. The maximum Gasteiger partial charge on any atom is 0.231 e. The van der Waals surface area contributed by atoms with Gasteiger partial charge in [-0.25, -0.2) is 9.37 Å². The minimum absolute atomic E-state index is 0.0202. The van der Waals surface area contributed by atoms with Crippen LogP contribution in [0.15, 0.2) is 42.9 Å². The lowest BCUT2D eigenvalue weighted by Crippen LogP contribution is -2.28. The van der Waals surface area contributed by atoms with Gasteiger partial charge in [-0.2, -0.15) is 5.10 Å². The molecule has 26 heavy (non-hydrogen) atoms. The quantitative estimate of drug-likeness (QED) is 0.714. The highest BCUT2D eigenvalue weighted by molar-refractivity contribution is 6.29. The lowest BCUT2D eigenvalue weighted by molar-refractivity contribution is -0.120. The number of aromatic amines is 1. The number of aromatic nitrogens is 4. The van der Waals surface area contributed by atoms with Crippen molar-refractivity contribution in [1.82, 2.24) is 20.2 Å². The summed E-state index contributed by atoms with van der Waals surface area (Å²) in [5.74, 6) is -0.225. The van der Waals surface area contributed by atoms with E-state index in [2.05, 4.69) is 20.2 Å². The van der Waals surface area contributed by atoms with Gasteiger partial charge in [0.15, 0.2) is 16.8 Å². The van der Waals surface area contributed by atoms with Crippen LogP contribution in [0, 0.1) is 11.7 Å². The summed E-state index contributed by atoms with van der Waals surface area (Å²) in [7, 11) is 0. The number of halogens is 2. The first kappa shape index (κ1) is 16.7. The van der Waals surface area contributed by atoms with Crippen molar-refractivity contribution >= 4 is 23.3 Å². The molecule has 3 aromatic heterocycles. The van der Waals surface area contributed by atoms with Crippen molar-refractivity contribution in [3.8, 4) is 11.3 Å². The lowest BCUT2D eigenvalue weighted by Gasteiger charge is -2.13. The van der Waals surface area contributed by atoms with Gasteiger partial charge in [-0.05, 0) is 36.6 Å². The molecule has 1 saturated heterocycles. The molecular weight excluding hydrogens is 357 g/mol. The van der Waals surface area contributed by atoms with Crippen LogP contribution in [0.2, 0.25) is 5.15 Å². The molecule has 3 aromatic rings. The third kappa shape index (κ3) is 3.17. The van der Waals surface area contributed by atoms with Crippen molar-refractivity contribution in [2.24, 2.45) is 5.92 Å². The van der Waals surface area contributed by atoms with Crippen LogP contribution in [-0.4, -0.2) is 32.6 Å². The molecule has 1 aliphatic heterocycles. The van der Waals surface area contributed by atoms with E-state index in [1.54, 1.807) is 17.3 Å². The lowest BCUT2D eigenvalue weighted by atomic mass is 9.99. The zero-order valence-corrected chi connectivity index (χ0v) is 14.4. The van der Waals surface area contributed by atoms with Crippen LogP contribution in [0.5, 0.6) is 0 Å². The van der Waals surface area contributed by atoms with E-state index in [0.29, 0.717) is 30.8 Å². The summed E-state index contributed by atoms with van der Waals surface area (Å²) in [6.07, 6.45) is 6.02. The van der Waals surface area contributed by atoms with E-state index in [-0.39, 0.29) is 17.0 Å². The fourth-order valence-corrected chi connectivity index (χ4v) is 3.24. The molecule has 0 aliphatic carbocycles. The fraction of sp³-hybridized carbons (Fsp3) is 0.222. The fourth-order valence-electron chi connectivity index (χ4n) is 3.14. The number of rotatable bonds is 4. The molecule has 1 aliphatic rings. The molecule has 1 atom stereocenters. The van der Waals surface area contributed by atoms with Crippen molar-refractivity contribution in [3.63, 3.8) is 0 Å². The van der Waals surface area contributed by atoms with Gasteiger partial charge in [0.1, 0.15) is 0 Å². The Morgan fingerprint density at radius 1 is 1.31 bits per heavy atom. The number of anilines is 1. The highest BCUT2D eigenvalue weighted by Gasteiger charge is 2.34. The predicted molar refractivity (Wildman–Crippen MR) is 95.2 cm³/mol. The minimum atomic E-state index is -0.569. The van der Waals surface area contributed by atoms with Crippen LogP contribution in [-0.2, 0) is 11.2 Å². The Kier molecular flexibility index (Phi) is 4.38. The first-order chi connectivity index (χ1) is 12.6. The maximum absolute atomic E-state index is 13.5. The maximum atomic E-state index is 13.5. The van der Waals surface area contributed by atoms with Crippen molar-refractivity contribution < 1.29 is 9.18 Å². The van der Waals surface area contributed by atoms with Crippen LogP contribution < -0.4 is 4.90 Å². The van der Waals surface area contributed by atoms with Crippen LogP contribution in [0.4, 0.5) is 10.2 Å². The molecule has 1 fully saturated rings. The van der Waals surface area contributed by atoms with E-state index in [1.807, 2.05) is 18.2 Å². The van der Waals surface area contributed by atoms with E-state index in [1.165, 1.54) is 12.3 Å². The molecule has 0 bridgehead atoms. The predicted octanol–water partition coefficient (Wildman–Crippen LogP) is 3.25. The van der Waals surface area contributed by atoms with E-state index in [0.717, 1.165) is 11.3 Å². The van der Waals surface area contributed by atoms with Crippen molar-refractivity contribution in [3.05, 3.63) is 59.4 Å². The van der Waals surface area contributed by atoms with Crippen LogP contribution in [0.3, 0.4) is 0 Å². The largest absolute Gasteiger partial charge is 0.295 e. The van der Waals surface area contributed by atoms with Gasteiger partial charge < -0.3 is 0 Å². The third-order valence-corrected chi connectivity index (χ3v) is 4.76. The molecule has 1 amide bonds. The van der Waals surface area contributed by atoms with Gasteiger partial charge in [0.2, 0.25) is 5.91 Å². The molecule has 8 heteroatoms. The Hall–Kier alpha value is -2.80. The number of nitrogens with one attached hydrogen (secondary N) is 1. The van der Waals surface area contributed by atoms with Crippen LogP contribution in [0.1, 0.15) is 12.0 Å². The average Bonchev–Trinajstić information content (AvgIpc) is 3.27. The number of pyridine rings is 2. The van der Waals surface area contributed by atoms with Crippen LogP contribution >= 0.6 is 11.6 Å². The number of hydrogen-bond acceptors (Lipinski definition) is 4. The van der Waals surface area contributed by atoms with Crippen molar-refractivity contribution in [1.29, 1.82) is 0 Å². The second-order valence-corrected chi connectivity index (χ2v) is 6.53. The molecule has 132 valence electrons. The summed E-state index contributed by atoms with van der Waals surface area (Å²) >= 11 is 5.61. The zero-order valence-electron chi connectivity index (χ0n) is 13.7. The number of carbonyl (C=O) groups excluding carboxylic acids is 1. The standard InChI is InChI=1S/C18H15ClFN5O/c19-17-14(20)8-11(10-22-17)7-13-3-6-25(18(13)26)16-9-15(23-24-16)12-1-4-21-5-2-12/h1-2,4-5,8-10,13H,3,6-7H2,(H,23,24). The van der Waals surface area contributed by atoms with E-state index in [4.69, 9.17) is 11.6 Å². The van der Waals surface area contributed by atoms with Crippen molar-refractivity contribution in [2.45, 2.75) is 12.8 Å². The number of amides is 1. The first-order valence-electron chi connectivity index (χ1n) is 8.19. The first-order valence-corrected chi connectivity index (χ1v) is 8.57. The summed E-state index contributed by atoms with van der Waals surface area (Å²) in [6, 6.07) is 6.92. The van der Waals surface area contributed by atoms with Gasteiger partial charge in [-0.15, -0.1) is 0 Å². The summed E-state index contributed by atoms with van der Waals surface area (Å²) in [6.45, 7) is 0.577. The molecule has 0 saturated carbocycles. The van der Waals surface area contributed by atoms with Gasteiger partial charge >= 0.3 is 0 Å². The van der Waals surface area contributed by atoms with E-state index < -0.39 is 5.82 Å². The molecule has 0 aromatic carbocycles. The molecular formula is C18H15ClFN5O. The summed E-state index contributed by atoms with van der Waals surface area (Å²) in [4.78, 5) is 22.2. The topological polar surface area (TPSA) is 74.8 Å². The van der Waals surface area contributed by atoms with Gasteiger partial charge in [-0.1, -0.05) is 11.6 Å². The molecule has 1 unspecified atom stereocenters. The van der Waals surface area contributed by atoms with Gasteiger partial charge in [0.05, 0.1) is 5.69 Å². The Bertz CT molecular complexity index is 946. The van der Waals surface area contributed by atoms with Gasteiger partial charge in [0.25, 0.3) is 0 Å². The minimum Gasteiger partial charge on any atom is -0.295 e. The van der Waals surface area contributed by atoms with Gasteiger partial charge in [-0.3, -0.25) is 19.8 Å². The van der Waals surface area contributed by atoms with Crippen LogP contribution in [0.25, 0.3) is 11.3 Å². The number of nitrogens with zero attached hydrogens (tertiary/aromatic N) is 4. The molecule has 4 rings (SSSR count). The normalized spacial score (nSPS) is 17.1. The smallest absolute Gasteiger partial charge is 0.231 e. The zero-order chi connectivity index (χ0) is 18.1. The van der Waals surface area contributed by atoms with E-state index >= 15 is 0 Å². The Balaban J connectivity index is 1.49. The molecule has 4 heterocycles. The Morgan fingerprint density at radius 2 is 2.12 bits per heavy atom. The summed E-state index contributed by atoms with van der Waals surface area (Å²) in [5.41, 5.74) is 2.43. The summed E-state index contributed by atoms with van der Waals surface area (Å²) in [5, 5.41) is 7.05. The SMILES string of the molecule is O=C1C(Cc2cnc(Cl)c(F)c2)CCN1c1cc(-c2ccncc2)[nH]n1. The highest BCUT2D eigenvalue weighted by atomic mass is 35.5. The Morgan fingerprint density at radius 3 is 2.88 bits per heavy atom. The summed E-state index contributed by atoms with van der Waals surface area (Å²) < 4.78 is 13.5.